The molecular formula is C15H22N2O2. The summed E-state index contributed by atoms with van der Waals surface area (Å²) in [7, 11) is 1.39. The van der Waals surface area contributed by atoms with Gasteiger partial charge in [-0.05, 0) is 30.9 Å². The van der Waals surface area contributed by atoms with Crippen molar-refractivity contribution in [3.8, 4) is 0 Å². The molecule has 0 aliphatic carbocycles. The summed E-state index contributed by atoms with van der Waals surface area (Å²) in [5.74, 6) is 0.194. The molecule has 2 atom stereocenters. The number of esters is 1. The van der Waals surface area contributed by atoms with Crippen molar-refractivity contribution in [1.82, 2.24) is 4.90 Å². The molecule has 1 saturated heterocycles. The van der Waals surface area contributed by atoms with Crippen LogP contribution in [0.2, 0.25) is 0 Å². The molecule has 0 saturated carbocycles. The molecule has 0 bridgehead atoms. The summed E-state index contributed by atoms with van der Waals surface area (Å²) < 4.78 is 4.67. The molecule has 0 amide bonds. The van der Waals surface area contributed by atoms with E-state index in [0.717, 1.165) is 32.5 Å². The van der Waals surface area contributed by atoms with E-state index >= 15 is 0 Å². The van der Waals surface area contributed by atoms with E-state index in [0.29, 0.717) is 5.92 Å². The highest BCUT2D eigenvalue weighted by atomic mass is 16.5. The van der Waals surface area contributed by atoms with E-state index in [9.17, 15) is 4.79 Å². The van der Waals surface area contributed by atoms with Crippen molar-refractivity contribution in [2.45, 2.75) is 25.4 Å². The third-order valence-corrected chi connectivity index (χ3v) is 3.71. The molecule has 1 aromatic carbocycles. The molecule has 1 fully saturated rings. The lowest BCUT2D eigenvalue weighted by molar-refractivity contribution is -0.142. The van der Waals surface area contributed by atoms with Gasteiger partial charge in [0.2, 0.25) is 0 Å². The Labute approximate surface area is 114 Å². The number of benzene rings is 1. The second kappa shape index (κ2) is 6.68. The van der Waals surface area contributed by atoms with Gasteiger partial charge in [0.25, 0.3) is 0 Å². The van der Waals surface area contributed by atoms with Gasteiger partial charge in [-0.2, -0.15) is 0 Å². The van der Waals surface area contributed by atoms with Crippen LogP contribution in [0.15, 0.2) is 30.3 Å². The van der Waals surface area contributed by atoms with Crippen molar-refractivity contribution in [3.63, 3.8) is 0 Å². The molecule has 0 aromatic heterocycles. The predicted molar refractivity (Wildman–Crippen MR) is 74.4 cm³/mol. The zero-order valence-corrected chi connectivity index (χ0v) is 11.4. The monoisotopic (exact) mass is 262 g/mol. The fourth-order valence-corrected chi connectivity index (χ4v) is 2.70. The van der Waals surface area contributed by atoms with Crippen LogP contribution in [0.5, 0.6) is 0 Å². The Bertz CT molecular complexity index is 408. The van der Waals surface area contributed by atoms with Crippen LogP contribution in [0.1, 0.15) is 18.4 Å². The summed E-state index contributed by atoms with van der Waals surface area (Å²) >= 11 is 0. The Hall–Kier alpha value is -1.39. The van der Waals surface area contributed by atoms with Gasteiger partial charge >= 0.3 is 5.97 Å². The average molecular weight is 262 g/mol. The highest BCUT2D eigenvalue weighted by Gasteiger charge is 2.26. The molecule has 0 radical (unpaired) electrons. The van der Waals surface area contributed by atoms with Gasteiger partial charge in [-0.3, -0.25) is 9.69 Å². The van der Waals surface area contributed by atoms with Crippen LogP contribution in [-0.2, 0) is 16.1 Å². The molecule has 2 unspecified atom stereocenters. The Morgan fingerprint density at radius 2 is 2.21 bits per heavy atom. The van der Waals surface area contributed by atoms with Crippen molar-refractivity contribution in [2.75, 3.05) is 20.2 Å². The topological polar surface area (TPSA) is 55.6 Å². The normalized spacial score (nSPS) is 21.3. The lowest BCUT2D eigenvalue weighted by Crippen LogP contribution is -2.34. The fraction of sp³-hybridized carbons (Fsp3) is 0.533. The first-order valence-corrected chi connectivity index (χ1v) is 6.78. The molecule has 4 heteroatoms. The van der Waals surface area contributed by atoms with Crippen molar-refractivity contribution in [2.24, 2.45) is 11.7 Å². The first kappa shape index (κ1) is 14.0. The van der Waals surface area contributed by atoms with Gasteiger partial charge in [0.1, 0.15) is 6.04 Å². The van der Waals surface area contributed by atoms with Crippen molar-refractivity contribution < 1.29 is 9.53 Å². The average Bonchev–Trinajstić information content (AvgIpc) is 2.86. The van der Waals surface area contributed by atoms with E-state index in [2.05, 4.69) is 33.9 Å². The van der Waals surface area contributed by atoms with Crippen LogP contribution in [-0.4, -0.2) is 37.1 Å². The quantitative estimate of drug-likeness (QED) is 0.815. The Balaban J connectivity index is 1.79. The molecule has 4 nitrogen and oxygen atoms in total. The number of rotatable bonds is 5. The van der Waals surface area contributed by atoms with Gasteiger partial charge in [-0.1, -0.05) is 30.3 Å². The lowest BCUT2D eigenvalue weighted by Gasteiger charge is -2.17. The smallest absolute Gasteiger partial charge is 0.322 e. The summed E-state index contributed by atoms with van der Waals surface area (Å²) in [4.78, 5) is 13.7. The maximum atomic E-state index is 11.3. The number of carbonyl (C=O) groups excluding carboxylic acids is 1. The third-order valence-electron chi connectivity index (χ3n) is 3.71. The highest BCUT2D eigenvalue weighted by molar-refractivity contribution is 5.75. The molecule has 1 aromatic rings. The SMILES string of the molecule is COC(=O)C(N)CC1CCN(Cc2ccccc2)C1. The number of nitrogens with two attached hydrogens (primary N) is 1. The zero-order valence-electron chi connectivity index (χ0n) is 11.4. The number of hydrogen-bond acceptors (Lipinski definition) is 4. The summed E-state index contributed by atoms with van der Waals surface area (Å²) in [5.41, 5.74) is 7.15. The predicted octanol–water partition coefficient (Wildman–Crippen LogP) is 1.40. The van der Waals surface area contributed by atoms with E-state index in [-0.39, 0.29) is 5.97 Å². The summed E-state index contributed by atoms with van der Waals surface area (Å²) in [6.07, 6.45) is 1.83. The standard InChI is InChI=1S/C15H22N2O2/c1-19-15(18)14(16)9-13-7-8-17(11-13)10-12-5-3-2-4-6-12/h2-6,13-14H,7-11,16H2,1H3. The Morgan fingerprint density at radius 1 is 1.47 bits per heavy atom. The molecule has 104 valence electrons. The van der Waals surface area contributed by atoms with E-state index in [1.54, 1.807) is 0 Å². The van der Waals surface area contributed by atoms with Gasteiger partial charge in [0.05, 0.1) is 7.11 Å². The molecule has 1 aliphatic rings. The second-order valence-electron chi connectivity index (χ2n) is 5.24. The maximum absolute atomic E-state index is 11.3. The van der Waals surface area contributed by atoms with Gasteiger partial charge in [-0.15, -0.1) is 0 Å². The molecule has 2 rings (SSSR count). The minimum absolute atomic E-state index is 0.304. The molecular weight excluding hydrogens is 240 g/mol. The first-order chi connectivity index (χ1) is 9.19. The van der Waals surface area contributed by atoms with Crippen molar-refractivity contribution in [1.29, 1.82) is 0 Å². The number of likely N-dealkylation sites (tertiary alicyclic amines) is 1. The number of carbonyl (C=O) groups is 1. The number of hydrogen-bond donors (Lipinski definition) is 1. The summed E-state index contributed by atoms with van der Waals surface area (Å²) in [5, 5.41) is 0. The van der Waals surface area contributed by atoms with Crippen LogP contribution in [0.25, 0.3) is 0 Å². The largest absolute Gasteiger partial charge is 0.468 e. The summed E-state index contributed by atoms with van der Waals surface area (Å²) in [6, 6.07) is 9.98. The van der Waals surface area contributed by atoms with Crippen LogP contribution < -0.4 is 5.73 Å². The van der Waals surface area contributed by atoms with Crippen LogP contribution in [0.3, 0.4) is 0 Å². The summed E-state index contributed by atoms with van der Waals surface area (Å²) in [6.45, 7) is 3.07. The molecule has 1 aliphatic heterocycles. The van der Waals surface area contributed by atoms with Gasteiger partial charge in [-0.25, -0.2) is 0 Å². The molecule has 1 heterocycles. The van der Waals surface area contributed by atoms with E-state index in [1.165, 1.54) is 12.7 Å². The van der Waals surface area contributed by atoms with Crippen molar-refractivity contribution in [3.05, 3.63) is 35.9 Å². The van der Waals surface area contributed by atoms with E-state index < -0.39 is 6.04 Å². The van der Waals surface area contributed by atoms with Crippen molar-refractivity contribution >= 4 is 5.97 Å². The highest BCUT2D eigenvalue weighted by Crippen LogP contribution is 2.22. The third kappa shape index (κ3) is 4.04. The molecule has 0 spiro atoms. The minimum Gasteiger partial charge on any atom is -0.468 e. The molecule has 2 N–H and O–H groups in total. The number of nitrogens with zero attached hydrogens (tertiary/aromatic N) is 1. The number of ether oxygens (including phenoxy) is 1. The van der Waals surface area contributed by atoms with Gasteiger partial charge < -0.3 is 10.5 Å². The zero-order chi connectivity index (χ0) is 13.7. The van der Waals surface area contributed by atoms with E-state index in [1.807, 2.05) is 6.07 Å². The minimum atomic E-state index is -0.480. The lowest BCUT2D eigenvalue weighted by atomic mass is 10.00. The van der Waals surface area contributed by atoms with Crippen LogP contribution >= 0.6 is 0 Å². The maximum Gasteiger partial charge on any atom is 0.322 e. The van der Waals surface area contributed by atoms with Gasteiger partial charge in [0, 0.05) is 13.1 Å². The Morgan fingerprint density at radius 3 is 2.89 bits per heavy atom. The first-order valence-electron chi connectivity index (χ1n) is 6.78. The van der Waals surface area contributed by atoms with Crippen LogP contribution in [0.4, 0.5) is 0 Å². The molecule has 19 heavy (non-hydrogen) atoms. The number of methoxy groups -OCH3 is 1. The van der Waals surface area contributed by atoms with E-state index in [4.69, 9.17) is 5.73 Å². The fourth-order valence-electron chi connectivity index (χ4n) is 2.70. The second-order valence-corrected chi connectivity index (χ2v) is 5.24. The Kier molecular flexibility index (Phi) is 4.93. The van der Waals surface area contributed by atoms with Crippen LogP contribution in [0, 0.1) is 5.92 Å². The van der Waals surface area contributed by atoms with Gasteiger partial charge in [0.15, 0.2) is 0 Å².